The molecule has 3 aromatic rings. The lowest BCUT2D eigenvalue weighted by Crippen LogP contribution is -2.40. The number of halogens is 1. The Morgan fingerprint density at radius 2 is 1.90 bits per heavy atom. The molecule has 1 aromatic carbocycles. The molecule has 0 spiro atoms. The molecule has 156 valence electrons. The van der Waals surface area contributed by atoms with E-state index in [0.29, 0.717) is 0 Å². The molecule has 0 radical (unpaired) electrons. The van der Waals surface area contributed by atoms with Gasteiger partial charge >= 0.3 is 0 Å². The number of nitrogens with zero attached hydrogens (tertiary/aromatic N) is 5. The number of benzene rings is 1. The summed E-state index contributed by atoms with van der Waals surface area (Å²) in [6.07, 6.45) is 5.47. The summed E-state index contributed by atoms with van der Waals surface area (Å²) in [6, 6.07) is 9.04. The summed E-state index contributed by atoms with van der Waals surface area (Å²) in [4.78, 5) is 24.5. The molecule has 1 saturated heterocycles. The fourth-order valence-corrected chi connectivity index (χ4v) is 5.03. The maximum atomic E-state index is 13.1. The third kappa shape index (κ3) is 4.07. The van der Waals surface area contributed by atoms with Gasteiger partial charge in [-0.1, -0.05) is 41.9 Å². The SMILES string of the molecule is Cn1cnc(S(=O)(=O)N2C[C@H](NC(=O)c3cnc(Cl)cn3)[C@@H](c3ccccc3)C2)c1. The first-order valence-electron chi connectivity index (χ1n) is 9.16. The van der Waals surface area contributed by atoms with Crippen LogP contribution in [-0.2, 0) is 17.1 Å². The minimum absolute atomic E-state index is 0.0210. The van der Waals surface area contributed by atoms with E-state index in [4.69, 9.17) is 11.6 Å². The monoisotopic (exact) mass is 446 g/mol. The number of imidazole rings is 1. The maximum Gasteiger partial charge on any atom is 0.271 e. The van der Waals surface area contributed by atoms with Gasteiger partial charge in [-0.2, -0.15) is 4.31 Å². The fourth-order valence-electron chi connectivity index (χ4n) is 3.47. The van der Waals surface area contributed by atoms with Gasteiger partial charge in [0.15, 0.2) is 5.03 Å². The Kier molecular flexibility index (Phi) is 5.54. The van der Waals surface area contributed by atoms with E-state index in [2.05, 4.69) is 20.3 Å². The number of carbonyl (C=O) groups excluding carboxylic acids is 1. The normalized spacial score (nSPS) is 19.7. The molecular formula is C19H19ClN6O3S. The molecule has 11 heteroatoms. The summed E-state index contributed by atoms with van der Waals surface area (Å²) in [5.74, 6) is -0.670. The number of hydrogen-bond donors (Lipinski definition) is 1. The van der Waals surface area contributed by atoms with Crippen LogP contribution in [0, 0.1) is 0 Å². The Bertz CT molecular complexity index is 1150. The quantitative estimate of drug-likeness (QED) is 0.635. The number of aromatic nitrogens is 4. The average Bonchev–Trinajstić information content (AvgIpc) is 3.36. The van der Waals surface area contributed by atoms with Crippen molar-refractivity contribution < 1.29 is 13.2 Å². The van der Waals surface area contributed by atoms with Crippen molar-refractivity contribution in [2.75, 3.05) is 13.1 Å². The zero-order valence-corrected chi connectivity index (χ0v) is 17.6. The van der Waals surface area contributed by atoms with E-state index in [1.54, 1.807) is 11.6 Å². The lowest BCUT2D eigenvalue weighted by molar-refractivity contribution is 0.0930. The summed E-state index contributed by atoms with van der Waals surface area (Å²) >= 11 is 5.73. The standard InChI is InChI=1S/C19H19ClN6O3S/c1-25-11-18(23-12-25)30(28,29)26-9-14(13-5-3-2-4-6-13)16(10-26)24-19(27)15-7-22-17(20)8-21-15/h2-8,11-12,14,16H,9-10H2,1H3,(H,24,27)/t14-,16+/m1/s1. The van der Waals surface area contributed by atoms with E-state index in [0.717, 1.165) is 5.56 Å². The van der Waals surface area contributed by atoms with E-state index in [1.165, 1.54) is 29.2 Å². The van der Waals surface area contributed by atoms with E-state index < -0.39 is 22.0 Å². The topological polar surface area (TPSA) is 110 Å². The van der Waals surface area contributed by atoms with Crippen molar-refractivity contribution >= 4 is 27.5 Å². The van der Waals surface area contributed by atoms with Gasteiger partial charge in [-0.05, 0) is 5.56 Å². The molecule has 2 atom stereocenters. The minimum Gasteiger partial charge on any atom is -0.346 e. The lowest BCUT2D eigenvalue weighted by Gasteiger charge is -2.19. The van der Waals surface area contributed by atoms with Crippen LogP contribution in [0.1, 0.15) is 22.0 Å². The Labute approximate surface area is 178 Å². The van der Waals surface area contributed by atoms with Gasteiger partial charge in [-0.25, -0.2) is 23.4 Å². The van der Waals surface area contributed by atoms with Crippen molar-refractivity contribution in [2.45, 2.75) is 17.0 Å². The highest BCUT2D eigenvalue weighted by molar-refractivity contribution is 7.89. The van der Waals surface area contributed by atoms with E-state index in [-0.39, 0.29) is 34.9 Å². The largest absolute Gasteiger partial charge is 0.346 e. The summed E-state index contributed by atoms with van der Waals surface area (Å²) in [5.41, 5.74) is 1.04. The lowest BCUT2D eigenvalue weighted by atomic mass is 9.94. The number of hydrogen-bond acceptors (Lipinski definition) is 6. The molecule has 1 fully saturated rings. The van der Waals surface area contributed by atoms with Crippen molar-refractivity contribution in [3.8, 4) is 0 Å². The molecular weight excluding hydrogens is 428 g/mol. The second kappa shape index (κ2) is 8.13. The van der Waals surface area contributed by atoms with Crippen molar-refractivity contribution in [1.29, 1.82) is 0 Å². The Morgan fingerprint density at radius 1 is 1.13 bits per heavy atom. The van der Waals surface area contributed by atoms with Crippen LogP contribution in [0.2, 0.25) is 5.15 Å². The third-order valence-electron chi connectivity index (χ3n) is 4.97. The van der Waals surface area contributed by atoms with Crippen LogP contribution in [0.5, 0.6) is 0 Å². The van der Waals surface area contributed by atoms with E-state index in [1.807, 2.05) is 30.3 Å². The van der Waals surface area contributed by atoms with Crippen LogP contribution in [0.4, 0.5) is 0 Å². The van der Waals surface area contributed by atoms with Gasteiger partial charge in [-0.3, -0.25) is 4.79 Å². The first-order chi connectivity index (χ1) is 14.3. The van der Waals surface area contributed by atoms with Crippen molar-refractivity contribution in [3.05, 3.63) is 71.7 Å². The molecule has 0 bridgehead atoms. The Hall–Kier alpha value is -2.82. The maximum absolute atomic E-state index is 13.1. The van der Waals surface area contributed by atoms with Crippen LogP contribution in [-0.4, -0.2) is 57.3 Å². The molecule has 1 amide bonds. The first kappa shape index (κ1) is 20.5. The number of rotatable bonds is 5. The van der Waals surface area contributed by atoms with Crippen molar-refractivity contribution in [2.24, 2.45) is 7.05 Å². The van der Waals surface area contributed by atoms with Gasteiger partial charge in [-0.15, -0.1) is 0 Å². The van der Waals surface area contributed by atoms with Gasteiger partial charge < -0.3 is 9.88 Å². The zero-order chi connectivity index (χ0) is 21.3. The zero-order valence-electron chi connectivity index (χ0n) is 16.0. The summed E-state index contributed by atoms with van der Waals surface area (Å²) < 4.78 is 29.1. The molecule has 0 saturated carbocycles. The van der Waals surface area contributed by atoms with Crippen LogP contribution in [0.3, 0.4) is 0 Å². The Morgan fingerprint density at radius 3 is 2.53 bits per heavy atom. The highest BCUT2D eigenvalue weighted by Crippen LogP contribution is 2.31. The van der Waals surface area contributed by atoms with E-state index in [9.17, 15) is 13.2 Å². The van der Waals surface area contributed by atoms with Crippen LogP contribution in [0.15, 0.2) is 60.3 Å². The molecule has 1 aliphatic heterocycles. The van der Waals surface area contributed by atoms with Crippen molar-refractivity contribution in [3.63, 3.8) is 0 Å². The second-order valence-corrected chi connectivity index (χ2v) is 9.29. The summed E-state index contributed by atoms with van der Waals surface area (Å²) in [5, 5.41) is 3.07. The molecule has 0 aliphatic carbocycles. The highest BCUT2D eigenvalue weighted by atomic mass is 35.5. The predicted octanol–water partition coefficient (Wildman–Crippen LogP) is 1.45. The fraction of sp³-hybridized carbons (Fsp3) is 0.263. The molecule has 1 N–H and O–H groups in total. The van der Waals surface area contributed by atoms with Gasteiger partial charge in [0.25, 0.3) is 15.9 Å². The average molecular weight is 447 g/mol. The predicted molar refractivity (Wildman–Crippen MR) is 109 cm³/mol. The van der Waals surface area contributed by atoms with Gasteiger partial charge in [0.2, 0.25) is 0 Å². The highest BCUT2D eigenvalue weighted by Gasteiger charge is 2.41. The molecule has 3 heterocycles. The number of nitrogens with one attached hydrogen (secondary N) is 1. The number of aryl methyl sites for hydroxylation is 1. The summed E-state index contributed by atoms with van der Waals surface area (Å²) in [6.45, 7) is 0.339. The number of carbonyl (C=O) groups is 1. The molecule has 2 aromatic heterocycles. The molecule has 30 heavy (non-hydrogen) atoms. The smallest absolute Gasteiger partial charge is 0.271 e. The van der Waals surface area contributed by atoms with Crippen LogP contribution in [0.25, 0.3) is 0 Å². The van der Waals surface area contributed by atoms with Crippen LogP contribution < -0.4 is 5.32 Å². The minimum atomic E-state index is -3.79. The van der Waals surface area contributed by atoms with Gasteiger partial charge in [0.1, 0.15) is 10.8 Å². The number of amides is 1. The summed E-state index contributed by atoms with van der Waals surface area (Å²) in [7, 11) is -2.09. The number of sulfonamides is 1. The van der Waals surface area contributed by atoms with Gasteiger partial charge in [0.05, 0.1) is 24.8 Å². The molecule has 1 aliphatic rings. The molecule has 4 rings (SSSR count). The second-order valence-electron chi connectivity index (χ2n) is 7.02. The van der Waals surface area contributed by atoms with E-state index >= 15 is 0 Å². The molecule has 0 unspecified atom stereocenters. The van der Waals surface area contributed by atoms with Gasteiger partial charge in [0, 0.05) is 32.3 Å². The van der Waals surface area contributed by atoms with Crippen LogP contribution >= 0.6 is 11.6 Å². The first-order valence-corrected chi connectivity index (χ1v) is 11.0. The third-order valence-corrected chi connectivity index (χ3v) is 6.88. The molecule has 9 nitrogen and oxygen atoms in total. The van der Waals surface area contributed by atoms with Crippen molar-refractivity contribution in [1.82, 2.24) is 29.1 Å². The Balaban J connectivity index is 1.61.